The minimum absolute atomic E-state index is 0.0279. The number of benzene rings is 1. The van der Waals surface area contributed by atoms with Crippen LogP contribution in [0.25, 0.3) is 0 Å². The van der Waals surface area contributed by atoms with E-state index in [1.807, 2.05) is 17.0 Å². The Hall–Kier alpha value is -5.03. The fourth-order valence-corrected chi connectivity index (χ4v) is 8.19. The van der Waals surface area contributed by atoms with Gasteiger partial charge in [-0.2, -0.15) is 18.0 Å². The molecule has 0 aliphatic carbocycles. The highest BCUT2D eigenvalue weighted by Crippen LogP contribution is 2.54. The van der Waals surface area contributed by atoms with Crippen molar-refractivity contribution in [3.63, 3.8) is 0 Å². The highest BCUT2D eigenvalue weighted by Gasteiger charge is 2.62. The molecule has 12 nitrogen and oxygen atoms in total. The third kappa shape index (κ3) is 4.79. The monoisotopic (exact) mass is 669 g/mol. The number of aromatic nitrogens is 3. The summed E-state index contributed by atoms with van der Waals surface area (Å²) in [5.74, 6) is -0.290. The molecule has 238 valence electrons. The molecule has 3 aliphatic rings. The number of nitriles is 1. The number of anilines is 2. The maximum absolute atomic E-state index is 15.3. The maximum Gasteiger partial charge on any atom is 0.288 e. The van der Waals surface area contributed by atoms with E-state index in [0.717, 1.165) is 15.6 Å². The van der Waals surface area contributed by atoms with Gasteiger partial charge in [0.2, 0.25) is 5.88 Å². The summed E-state index contributed by atoms with van der Waals surface area (Å²) in [6.45, 7) is 3.37. The lowest BCUT2D eigenvalue weighted by Crippen LogP contribution is -2.54. The minimum atomic E-state index is -4.56. The Morgan fingerprint density at radius 3 is 2.57 bits per heavy atom. The van der Waals surface area contributed by atoms with Crippen LogP contribution in [0.4, 0.5) is 11.4 Å². The number of sulfonamides is 1. The summed E-state index contributed by atoms with van der Waals surface area (Å²) in [7, 11) is -3.12. The molecule has 3 aromatic heterocycles. The number of hydrogen-bond donors (Lipinski definition) is 0. The molecule has 3 aliphatic heterocycles. The van der Waals surface area contributed by atoms with Gasteiger partial charge in [0.15, 0.2) is 10.6 Å². The molecule has 0 saturated carbocycles. The van der Waals surface area contributed by atoms with Crippen LogP contribution >= 0.6 is 11.6 Å². The van der Waals surface area contributed by atoms with Crippen LogP contribution in [0.1, 0.15) is 23.6 Å². The first kappa shape index (κ1) is 30.6. The van der Waals surface area contributed by atoms with Crippen LogP contribution in [0, 0.1) is 17.2 Å². The van der Waals surface area contributed by atoms with E-state index in [2.05, 4.69) is 32.1 Å². The topological polar surface area (TPSA) is 142 Å². The van der Waals surface area contributed by atoms with Gasteiger partial charge in [-0.25, -0.2) is 9.97 Å². The van der Waals surface area contributed by atoms with Crippen molar-refractivity contribution in [1.29, 1.82) is 5.26 Å². The number of likely N-dealkylation sites (tertiary alicyclic amines) is 1. The average Bonchev–Trinajstić information content (AvgIpc) is 3.74. The maximum atomic E-state index is 15.3. The number of rotatable bonds is 8. The van der Waals surface area contributed by atoms with Crippen LogP contribution in [-0.4, -0.2) is 67.5 Å². The van der Waals surface area contributed by atoms with Crippen molar-refractivity contribution in [3.8, 4) is 17.7 Å². The first-order valence-corrected chi connectivity index (χ1v) is 16.6. The fraction of sp³-hybridized carbons (Fsp3) is 0.242. The molecule has 2 atom stereocenters. The van der Waals surface area contributed by atoms with Crippen LogP contribution in [0.2, 0.25) is 5.15 Å². The normalized spacial score (nSPS) is 20.5. The zero-order valence-corrected chi connectivity index (χ0v) is 26.9. The van der Waals surface area contributed by atoms with Crippen molar-refractivity contribution in [2.75, 3.05) is 42.6 Å². The Kier molecular flexibility index (Phi) is 7.59. The second-order valence-electron chi connectivity index (χ2n) is 11.2. The van der Waals surface area contributed by atoms with Crippen LogP contribution in [0.5, 0.6) is 11.6 Å². The van der Waals surface area contributed by atoms with Crippen LogP contribution < -0.4 is 18.7 Å². The van der Waals surface area contributed by atoms with Gasteiger partial charge in [-0.1, -0.05) is 11.6 Å². The fourth-order valence-electron chi connectivity index (χ4n) is 6.67. The lowest BCUT2D eigenvalue weighted by atomic mass is 9.82. The predicted octanol–water partition coefficient (Wildman–Crippen LogP) is 4.12. The predicted molar refractivity (Wildman–Crippen MR) is 173 cm³/mol. The molecule has 7 rings (SSSR count). The van der Waals surface area contributed by atoms with Crippen LogP contribution in [0.3, 0.4) is 0 Å². The first-order valence-electron chi connectivity index (χ1n) is 14.8. The smallest absolute Gasteiger partial charge is 0.288 e. The van der Waals surface area contributed by atoms with E-state index in [-0.39, 0.29) is 39.8 Å². The molecule has 1 aromatic carbocycles. The van der Waals surface area contributed by atoms with Gasteiger partial charge < -0.3 is 14.4 Å². The second-order valence-corrected chi connectivity index (χ2v) is 13.3. The Bertz CT molecular complexity index is 2070. The number of carbonyl (C=O) groups excluding carboxylic acids is 1. The lowest BCUT2D eigenvalue weighted by Gasteiger charge is -2.39. The standard InChI is InChI=1S/C33H28ClN7O5S/c1-3-46-31-26(6-8-29(34)38-31)33(40-19-22-17-39(18-23(22)20-40)24-10-12-36-13-11-24)27-14-21(15-35)4-7-28(27)41(32(33)42)47(43,44)30-9-5-25(45-2)16-37-30/h4-14,16-17,23H,3,18-20H2,1-2H3. The van der Waals surface area contributed by atoms with Crippen molar-refractivity contribution in [2.45, 2.75) is 17.5 Å². The molecule has 0 spiro atoms. The molecule has 0 bridgehead atoms. The Morgan fingerprint density at radius 1 is 1.09 bits per heavy atom. The van der Waals surface area contributed by atoms with Gasteiger partial charge >= 0.3 is 0 Å². The van der Waals surface area contributed by atoms with E-state index < -0.39 is 21.5 Å². The second kappa shape index (κ2) is 11.6. The molecule has 1 amide bonds. The molecular formula is C33H28ClN7O5S. The van der Waals surface area contributed by atoms with Crippen molar-refractivity contribution in [2.24, 2.45) is 5.92 Å². The third-order valence-corrected chi connectivity index (χ3v) is 10.5. The van der Waals surface area contributed by atoms with Crippen LogP contribution in [0.15, 0.2) is 90.0 Å². The average molecular weight is 670 g/mol. The summed E-state index contributed by atoms with van der Waals surface area (Å²) < 4.78 is 40.7. The molecule has 1 saturated heterocycles. The Labute approximate surface area is 276 Å². The summed E-state index contributed by atoms with van der Waals surface area (Å²) in [6.07, 6.45) is 6.82. The van der Waals surface area contributed by atoms with Gasteiger partial charge in [0.1, 0.15) is 10.9 Å². The van der Waals surface area contributed by atoms with E-state index in [0.29, 0.717) is 36.5 Å². The number of amides is 1. The molecular weight excluding hydrogens is 642 g/mol. The van der Waals surface area contributed by atoms with Gasteiger partial charge in [0.05, 0.1) is 37.2 Å². The largest absolute Gasteiger partial charge is 0.495 e. The van der Waals surface area contributed by atoms with Crippen molar-refractivity contribution in [3.05, 3.63) is 107 Å². The van der Waals surface area contributed by atoms with Gasteiger partial charge in [0.25, 0.3) is 15.9 Å². The number of hydrogen-bond acceptors (Lipinski definition) is 11. The number of carbonyl (C=O) groups is 1. The summed E-state index contributed by atoms with van der Waals surface area (Å²) >= 11 is 6.33. The molecule has 2 unspecified atom stereocenters. The van der Waals surface area contributed by atoms with E-state index in [1.54, 1.807) is 37.5 Å². The zero-order valence-electron chi connectivity index (χ0n) is 25.4. The van der Waals surface area contributed by atoms with E-state index in [1.165, 1.54) is 37.6 Å². The van der Waals surface area contributed by atoms with E-state index >= 15 is 4.79 Å². The molecule has 47 heavy (non-hydrogen) atoms. The van der Waals surface area contributed by atoms with E-state index in [4.69, 9.17) is 21.1 Å². The number of methoxy groups -OCH3 is 1. The highest BCUT2D eigenvalue weighted by atomic mass is 35.5. The van der Waals surface area contributed by atoms with Gasteiger partial charge in [-0.15, -0.1) is 0 Å². The quantitative estimate of drug-likeness (QED) is 0.250. The third-order valence-electron chi connectivity index (χ3n) is 8.72. The van der Waals surface area contributed by atoms with Gasteiger partial charge in [-0.3, -0.25) is 14.7 Å². The van der Waals surface area contributed by atoms with Crippen molar-refractivity contribution in [1.82, 2.24) is 19.9 Å². The molecule has 0 N–H and O–H groups in total. The molecule has 1 fully saturated rings. The molecule has 6 heterocycles. The molecule has 14 heteroatoms. The van der Waals surface area contributed by atoms with Crippen molar-refractivity contribution < 1.29 is 22.7 Å². The summed E-state index contributed by atoms with van der Waals surface area (Å²) in [5.41, 5.74) is 1.31. The lowest BCUT2D eigenvalue weighted by molar-refractivity contribution is -0.126. The molecule has 4 aromatic rings. The first-order chi connectivity index (χ1) is 22.7. The summed E-state index contributed by atoms with van der Waals surface area (Å²) in [6, 6.07) is 16.5. The highest BCUT2D eigenvalue weighted by molar-refractivity contribution is 7.93. The summed E-state index contributed by atoms with van der Waals surface area (Å²) in [4.78, 5) is 32.1. The number of nitrogens with zero attached hydrogens (tertiary/aromatic N) is 7. The van der Waals surface area contributed by atoms with Gasteiger partial charge in [0, 0.05) is 61.0 Å². The van der Waals surface area contributed by atoms with Gasteiger partial charge in [-0.05, 0) is 67.1 Å². The number of halogens is 1. The zero-order chi connectivity index (χ0) is 32.9. The van der Waals surface area contributed by atoms with Crippen LogP contribution in [-0.2, 0) is 20.4 Å². The Morgan fingerprint density at radius 2 is 1.89 bits per heavy atom. The minimum Gasteiger partial charge on any atom is -0.495 e. The van der Waals surface area contributed by atoms with Crippen molar-refractivity contribution >= 4 is 38.9 Å². The SMILES string of the molecule is CCOc1nc(Cl)ccc1C1(N2CC3=CN(c4ccncc4)CC3C2)C(=O)N(S(=O)(=O)c2ccc(OC)cn2)c2ccc(C#N)cc21. The van der Waals surface area contributed by atoms with E-state index in [9.17, 15) is 13.7 Å². The number of pyridine rings is 3. The summed E-state index contributed by atoms with van der Waals surface area (Å²) in [5, 5.41) is 9.76. The number of ether oxygens (including phenoxy) is 2. The Balaban J connectivity index is 1.44. The number of fused-ring (bicyclic) bond motifs is 2. The molecule has 0 radical (unpaired) electrons.